The molecule has 0 bridgehead atoms. The second-order valence-electron chi connectivity index (χ2n) is 4.89. The predicted molar refractivity (Wildman–Crippen MR) is 77.6 cm³/mol. The zero-order valence-corrected chi connectivity index (χ0v) is 12.2. The number of nitrogens with zero attached hydrogens (tertiary/aromatic N) is 3. The molecule has 1 aromatic carbocycles. The summed E-state index contributed by atoms with van der Waals surface area (Å²) in [5.41, 5.74) is 7.18. The Kier molecular flexibility index (Phi) is 3.79. The van der Waals surface area contributed by atoms with E-state index in [2.05, 4.69) is 53.4 Å². The van der Waals surface area contributed by atoms with Crippen LogP contribution in [0.1, 0.15) is 33.6 Å². The number of aromatic nitrogens is 3. The summed E-state index contributed by atoms with van der Waals surface area (Å²) in [6.07, 6.45) is 0.795. The van der Waals surface area contributed by atoms with Crippen LogP contribution in [0, 0.1) is 27.7 Å². The molecule has 0 amide bonds. The van der Waals surface area contributed by atoms with E-state index in [4.69, 9.17) is 0 Å². The predicted octanol–water partition coefficient (Wildman–Crippen LogP) is 2.74. The van der Waals surface area contributed by atoms with Crippen molar-refractivity contribution in [1.82, 2.24) is 15.2 Å². The molecule has 1 heterocycles. The van der Waals surface area contributed by atoms with Gasteiger partial charge in [0, 0.05) is 13.5 Å². The molecule has 0 saturated heterocycles. The molecule has 2 aromatic rings. The van der Waals surface area contributed by atoms with Gasteiger partial charge in [-0.25, -0.2) is 4.98 Å². The van der Waals surface area contributed by atoms with Crippen molar-refractivity contribution >= 4 is 5.95 Å². The average Bonchev–Trinajstić information content (AvgIpc) is 2.41. The maximum Gasteiger partial charge on any atom is 0.242 e. The van der Waals surface area contributed by atoms with Crippen molar-refractivity contribution in [1.29, 1.82) is 0 Å². The number of rotatable bonds is 3. The normalized spacial score (nSPS) is 10.6. The summed E-state index contributed by atoms with van der Waals surface area (Å²) in [5, 5.41) is 11.1. The van der Waals surface area contributed by atoms with E-state index in [9.17, 15) is 0 Å². The molecular formula is C15H20N4. The Morgan fingerprint density at radius 2 is 1.74 bits per heavy atom. The minimum absolute atomic E-state index is 0.571. The van der Waals surface area contributed by atoms with Gasteiger partial charge in [-0.3, -0.25) is 0 Å². The number of hydrogen-bond acceptors (Lipinski definition) is 4. The molecule has 19 heavy (non-hydrogen) atoms. The maximum atomic E-state index is 4.49. The minimum Gasteiger partial charge on any atom is -0.356 e. The Morgan fingerprint density at radius 3 is 2.42 bits per heavy atom. The van der Waals surface area contributed by atoms with Gasteiger partial charge in [-0.2, -0.15) is 5.10 Å². The summed E-state index contributed by atoms with van der Waals surface area (Å²) in [4.78, 5) is 4.49. The number of aryl methyl sites for hydroxylation is 2. The summed E-state index contributed by atoms with van der Waals surface area (Å²) in [6.45, 7) is 8.42. The van der Waals surface area contributed by atoms with E-state index in [0.29, 0.717) is 5.95 Å². The quantitative estimate of drug-likeness (QED) is 0.917. The second kappa shape index (κ2) is 5.34. The molecule has 0 radical (unpaired) electrons. The van der Waals surface area contributed by atoms with Crippen LogP contribution in [0.3, 0.4) is 0 Å². The van der Waals surface area contributed by atoms with Crippen LogP contribution in [-0.2, 0) is 6.42 Å². The van der Waals surface area contributed by atoms with Crippen LogP contribution in [0.25, 0.3) is 0 Å². The van der Waals surface area contributed by atoms with Crippen molar-refractivity contribution in [3.05, 3.63) is 45.8 Å². The lowest BCUT2D eigenvalue weighted by Crippen LogP contribution is -2.07. The monoisotopic (exact) mass is 256 g/mol. The minimum atomic E-state index is 0.571. The van der Waals surface area contributed by atoms with Gasteiger partial charge in [0.25, 0.3) is 0 Å². The van der Waals surface area contributed by atoms with Crippen LogP contribution in [0.15, 0.2) is 12.1 Å². The fraction of sp³-hybridized carbons (Fsp3) is 0.400. The third-order valence-corrected chi connectivity index (χ3v) is 3.70. The molecule has 0 aliphatic carbocycles. The number of hydrogen-bond donors (Lipinski definition) is 1. The SMILES string of the molecule is CNc1nnc(C)c(Cc2ccc(C)c(C)c2C)n1. The van der Waals surface area contributed by atoms with Crippen molar-refractivity contribution in [2.24, 2.45) is 0 Å². The first-order valence-electron chi connectivity index (χ1n) is 6.46. The Hall–Kier alpha value is -1.97. The van der Waals surface area contributed by atoms with Crippen LogP contribution < -0.4 is 5.32 Å². The first-order chi connectivity index (χ1) is 9.02. The van der Waals surface area contributed by atoms with E-state index in [1.807, 2.05) is 6.92 Å². The fourth-order valence-electron chi connectivity index (χ4n) is 2.07. The van der Waals surface area contributed by atoms with Gasteiger partial charge in [-0.15, -0.1) is 5.10 Å². The fourth-order valence-corrected chi connectivity index (χ4v) is 2.07. The van der Waals surface area contributed by atoms with E-state index < -0.39 is 0 Å². The van der Waals surface area contributed by atoms with E-state index in [1.165, 1.54) is 22.3 Å². The number of benzene rings is 1. The van der Waals surface area contributed by atoms with Gasteiger partial charge in [0.1, 0.15) is 0 Å². The second-order valence-corrected chi connectivity index (χ2v) is 4.89. The zero-order chi connectivity index (χ0) is 14.0. The lowest BCUT2D eigenvalue weighted by Gasteiger charge is -2.12. The van der Waals surface area contributed by atoms with Gasteiger partial charge < -0.3 is 5.32 Å². The molecule has 0 aliphatic rings. The topological polar surface area (TPSA) is 50.7 Å². The molecule has 0 fully saturated rings. The summed E-state index contributed by atoms with van der Waals surface area (Å²) >= 11 is 0. The highest BCUT2D eigenvalue weighted by Crippen LogP contribution is 2.20. The Morgan fingerprint density at radius 1 is 1.00 bits per heavy atom. The van der Waals surface area contributed by atoms with Crippen LogP contribution in [0.2, 0.25) is 0 Å². The largest absolute Gasteiger partial charge is 0.356 e. The summed E-state index contributed by atoms with van der Waals surface area (Å²) in [7, 11) is 1.80. The van der Waals surface area contributed by atoms with Gasteiger partial charge in [-0.1, -0.05) is 12.1 Å². The Balaban J connectivity index is 2.39. The molecule has 4 heteroatoms. The standard InChI is InChI=1S/C15H20N4/c1-9-6-7-13(11(3)10(9)2)8-14-12(4)18-19-15(16-5)17-14/h6-7H,8H2,1-5H3,(H,16,17,19). The molecule has 2 rings (SSSR count). The van der Waals surface area contributed by atoms with Crippen LogP contribution >= 0.6 is 0 Å². The van der Waals surface area contributed by atoms with Crippen molar-refractivity contribution in [2.75, 3.05) is 12.4 Å². The van der Waals surface area contributed by atoms with Crippen molar-refractivity contribution in [2.45, 2.75) is 34.1 Å². The highest BCUT2D eigenvalue weighted by Gasteiger charge is 2.09. The van der Waals surface area contributed by atoms with E-state index >= 15 is 0 Å². The molecular weight excluding hydrogens is 236 g/mol. The molecule has 0 spiro atoms. The van der Waals surface area contributed by atoms with Gasteiger partial charge in [0.2, 0.25) is 5.95 Å². The molecule has 1 aromatic heterocycles. The maximum absolute atomic E-state index is 4.49. The van der Waals surface area contributed by atoms with E-state index in [0.717, 1.165) is 17.8 Å². The first-order valence-corrected chi connectivity index (χ1v) is 6.46. The van der Waals surface area contributed by atoms with Gasteiger partial charge >= 0.3 is 0 Å². The molecule has 0 unspecified atom stereocenters. The smallest absolute Gasteiger partial charge is 0.242 e. The highest BCUT2D eigenvalue weighted by molar-refractivity contribution is 5.41. The number of nitrogens with one attached hydrogen (secondary N) is 1. The molecule has 1 N–H and O–H groups in total. The van der Waals surface area contributed by atoms with Gasteiger partial charge in [-0.05, 0) is 49.9 Å². The van der Waals surface area contributed by atoms with E-state index in [-0.39, 0.29) is 0 Å². The van der Waals surface area contributed by atoms with Gasteiger partial charge in [0.15, 0.2) is 0 Å². The average molecular weight is 256 g/mol. The molecule has 0 atom stereocenters. The van der Waals surface area contributed by atoms with Crippen LogP contribution in [0.5, 0.6) is 0 Å². The lowest BCUT2D eigenvalue weighted by atomic mass is 9.96. The summed E-state index contributed by atoms with van der Waals surface area (Å²) in [6, 6.07) is 4.35. The summed E-state index contributed by atoms with van der Waals surface area (Å²) < 4.78 is 0. The molecule has 0 aliphatic heterocycles. The van der Waals surface area contributed by atoms with Crippen molar-refractivity contribution in [3.8, 4) is 0 Å². The third kappa shape index (κ3) is 2.72. The van der Waals surface area contributed by atoms with Gasteiger partial charge in [0.05, 0.1) is 11.4 Å². The van der Waals surface area contributed by atoms with Crippen molar-refractivity contribution in [3.63, 3.8) is 0 Å². The van der Waals surface area contributed by atoms with Crippen molar-refractivity contribution < 1.29 is 0 Å². The van der Waals surface area contributed by atoms with Crippen LogP contribution in [-0.4, -0.2) is 22.2 Å². The zero-order valence-electron chi connectivity index (χ0n) is 12.2. The molecule has 0 saturated carbocycles. The highest BCUT2D eigenvalue weighted by atomic mass is 15.2. The van der Waals surface area contributed by atoms with E-state index in [1.54, 1.807) is 7.05 Å². The molecule has 100 valence electrons. The summed E-state index contributed by atoms with van der Waals surface area (Å²) in [5.74, 6) is 0.571. The van der Waals surface area contributed by atoms with Crippen LogP contribution in [0.4, 0.5) is 5.95 Å². The first kappa shape index (κ1) is 13.5. The number of anilines is 1. The third-order valence-electron chi connectivity index (χ3n) is 3.70. The Bertz CT molecular complexity index is 605. The Labute approximate surface area is 114 Å². The molecule has 4 nitrogen and oxygen atoms in total. The lowest BCUT2D eigenvalue weighted by molar-refractivity contribution is 0.873.